The number of nitrogens with zero attached hydrogens (tertiary/aromatic N) is 3. The molecule has 0 bridgehead atoms. The highest BCUT2D eigenvalue weighted by molar-refractivity contribution is 6.01. The molecule has 2 saturated heterocycles. The molecule has 178 valence electrons. The van der Waals surface area contributed by atoms with Crippen molar-refractivity contribution in [1.29, 1.82) is 0 Å². The first-order valence-corrected chi connectivity index (χ1v) is 12.0. The van der Waals surface area contributed by atoms with Crippen LogP contribution < -0.4 is 5.32 Å². The number of amides is 3. The van der Waals surface area contributed by atoms with Gasteiger partial charge in [0.05, 0.1) is 6.42 Å². The van der Waals surface area contributed by atoms with E-state index >= 15 is 0 Å². The Bertz CT molecular complexity index is 889. The minimum atomic E-state index is -0.706. The van der Waals surface area contributed by atoms with Gasteiger partial charge in [-0.25, -0.2) is 4.79 Å². The van der Waals surface area contributed by atoms with E-state index in [1.54, 1.807) is 0 Å². The lowest BCUT2D eigenvalue weighted by Crippen LogP contribution is -2.33. The van der Waals surface area contributed by atoms with Crippen LogP contribution in [0.4, 0.5) is 0 Å². The summed E-state index contributed by atoms with van der Waals surface area (Å²) < 4.78 is 0. The molecule has 0 radical (unpaired) electrons. The molecule has 0 spiro atoms. The molecule has 1 aliphatic carbocycles. The second kappa shape index (κ2) is 10.9. The first-order chi connectivity index (χ1) is 16.0. The summed E-state index contributed by atoms with van der Waals surface area (Å²) in [4.78, 5) is 58.6. The molecule has 4 rings (SSSR count). The van der Waals surface area contributed by atoms with Crippen LogP contribution in [0.15, 0.2) is 18.3 Å². The average Bonchev–Trinajstić information content (AvgIpc) is 3.37. The Morgan fingerprint density at radius 1 is 1.06 bits per heavy atom. The summed E-state index contributed by atoms with van der Waals surface area (Å²) in [5.41, 5.74) is 2.66. The lowest BCUT2D eigenvalue weighted by Gasteiger charge is -2.33. The van der Waals surface area contributed by atoms with Crippen LogP contribution in [0.3, 0.4) is 0 Å². The van der Waals surface area contributed by atoms with E-state index in [4.69, 9.17) is 4.84 Å². The summed E-state index contributed by atoms with van der Waals surface area (Å²) in [6.45, 7) is 2.30. The number of rotatable bonds is 10. The minimum Gasteiger partial charge on any atom is -0.356 e. The van der Waals surface area contributed by atoms with Crippen molar-refractivity contribution in [1.82, 2.24) is 20.3 Å². The molecule has 2 aliphatic heterocycles. The summed E-state index contributed by atoms with van der Waals surface area (Å²) in [5.74, 6) is -1.09. The normalized spacial score (nSPS) is 22.2. The summed E-state index contributed by atoms with van der Waals surface area (Å²) in [5, 5.41) is 3.22. The van der Waals surface area contributed by atoms with E-state index < -0.39 is 17.8 Å². The Kier molecular flexibility index (Phi) is 7.69. The number of likely N-dealkylation sites (tertiary alicyclic amines) is 1. The molecule has 2 atom stereocenters. The van der Waals surface area contributed by atoms with Gasteiger partial charge in [-0.1, -0.05) is 12.5 Å². The fraction of sp³-hybridized carbons (Fsp3) is 0.625. The molecule has 1 aromatic rings. The Morgan fingerprint density at radius 2 is 1.88 bits per heavy atom. The molecule has 2 fully saturated rings. The number of hydrogen-bond donors (Lipinski definition) is 1. The van der Waals surface area contributed by atoms with Crippen molar-refractivity contribution in [3.8, 4) is 0 Å². The van der Waals surface area contributed by atoms with E-state index in [0.29, 0.717) is 17.5 Å². The number of nitrogens with one attached hydrogen (secondary N) is 1. The molecular weight excluding hydrogens is 424 g/mol. The van der Waals surface area contributed by atoms with Crippen LogP contribution in [0.1, 0.15) is 75.1 Å². The number of carbonyl (C=O) groups is 4. The van der Waals surface area contributed by atoms with Crippen molar-refractivity contribution in [3.05, 3.63) is 29.6 Å². The standard InChI is InChI=1S/C24H32N4O5/c29-20(26-14-11-23(32)33-28-21(30)9-10-22(28)31)6-2-1-3-15-27-16-12-17-7-8-19-18(24(17)27)5-4-13-25-19/h4-5,13,17,24H,1-3,6-12,14-16H2,(H,26,29). The molecule has 0 aromatic carbocycles. The van der Waals surface area contributed by atoms with Gasteiger partial charge in [0.15, 0.2) is 0 Å². The zero-order valence-corrected chi connectivity index (χ0v) is 19.0. The highest BCUT2D eigenvalue weighted by Crippen LogP contribution is 2.44. The summed E-state index contributed by atoms with van der Waals surface area (Å²) in [7, 11) is 0. The van der Waals surface area contributed by atoms with Gasteiger partial charge in [0, 0.05) is 43.7 Å². The second-order valence-corrected chi connectivity index (χ2v) is 9.06. The van der Waals surface area contributed by atoms with Crippen LogP contribution in [-0.4, -0.2) is 58.3 Å². The van der Waals surface area contributed by atoms with Crippen LogP contribution >= 0.6 is 0 Å². The topological polar surface area (TPSA) is 109 Å². The first kappa shape index (κ1) is 23.4. The summed E-state index contributed by atoms with van der Waals surface area (Å²) >= 11 is 0. The van der Waals surface area contributed by atoms with Gasteiger partial charge in [0.2, 0.25) is 5.91 Å². The Morgan fingerprint density at radius 3 is 2.70 bits per heavy atom. The number of aryl methyl sites for hydroxylation is 1. The van der Waals surface area contributed by atoms with E-state index in [-0.39, 0.29) is 31.7 Å². The monoisotopic (exact) mass is 456 g/mol. The van der Waals surface area contributed by atoms with E-state index in [9.17, 15) is 19.2 Å². The van der Waals surface area contributed by atoms with Crippen molar-refractivity contribution in [2.24, 2.45) is 5.92 Å². The highest BCUT2D eigenvalue weighted by Gasteiger charge is 2.38. The van der Waals surface area contributed by atoms with Crippen molar-refractivity contribution in [3.63, 3.8) is 0 Å². The Labute approximate surface area is 193 Å². The molecule has 9 nitrogen and oxygen atoms in total. The van der Waals surface area contributed by atoms with Gasteiger partial charge in [-0.15, -0.1) is 5.06 Å². The largest absolute Gasteiger partial charge is 0.356 e. The van der Waals surface area contributed by atoms with Gasteiger partial charge >= 0.3 is 5.97 Å². The van der Waals surface area contributed by atoms with Gasteiger partial charge in [-0.05, 0) is 62.7 Å². The van der Waals surface area contributed by atoms with Crippen LogP contribution in [-0.2, 0) is 30.4 Å². The zero-order valence-electron chi connectivity index (χ0n) is 19.0. The SMILES string of the molecule is O=C(CCCCCN1CCC2CCc3ncccc3C21)NCCC(=O)ON1C(=O)CCC1=O. The Balaban J connectivity index is 1.08. The van der Waals surface area contributed by atoms with E-state index in [0.717, 1.165) is 44.7 Å². The predicted molar refractivity (Wildman–Crippen MR) is 118 cm³/mol. The number of fused-ring (bicyclic) bond motifs is 3. The van der Waals surface area contributed by atoms with Crippen LogP contribution in [0.5, 0.6) is 0 Å². The lowest BCUT2D eigenvalue weighted by molar-refractivity contribution is -0.197. The van der Waals surface area contributed by atoms with Crippen molar-refractivity contribution >= 4 is 23.7 Å². The van der Waals surface area contributed by atoms with Gasteiger partial charge < -0.3 is 10.2 Å². The Hall–Kier alpha value is -2.81. The maximum atomic E-state index is 12.0. The first-order valence-electron chi connectivity index (χ1n) is 12.0. The molecule has 9 heteroatoms. The van der Waals surface area contributed by atoms with E-state index in [1.165, 1.54) is 24.1 Å². The molecule has 2 unspecified atom stereocenters. The molecule has 3 aliphatic rings. The fourth-order valence-corrected chi connectivity index (χ4v) is 5.16. The molecular formula is C24H32N4O5. The third-order valence-electron chi connectivity index (χ3n) is 6.82. The third-order valence-corrected chi connectivity index (χ3v) is 6.82. The maximum absolute atomic E-state index is 12.0. The van der Waals surface area contributed by atoms with E-state index in [1.807, 2.05) is 12.3 Å². The van der Waals surface area contributed by atoms with Crippen LogP contribution in [0.2, 0.25) is 0 Å². The summed E-state index contributed by atoms with van der Waals surface area (Å²) in [6, 6.07) is 4.77. The highest BCUT2D eigenvalue weighted by atomic mass is 16.7. The number of pyridine rings is 1. The molecule has 1 aromatic heterocycles. The van der Waals surface area contributed by atoms with Gasteiger partial charge in [0.1, 0.15) is 0 Å². The number of imide groups is 1. The molecule has 33 heavy (non-hydrogen) atoms. The van der Waals surface area contributed by atoms with Crippen LogP contribution in [0, 0.1) is 5.92 Å². The van der Waals surface area contributed by atoms with E-state index in [2.05, 4.69) is 21.3 Å². The maximum Gasteiger partial charge on any atom is 0.334 e. The quantitative estimate of drug-likeness (QED) is 0.424. The molecule has 3 amide bonds. The number of hydrogen-bond acceptors (Lipinski definition) is 7. The molecule has 1 N–H and O–H groups in total. The second-order valence-electron chi connectivity index (χ2n) is 9.06. The fourth-order valence-electron chi connectivity index (χ4n) is 5.16. The summed E-state index contributed by atoms with van der Waals surface area (Å²) in [6.07, 6.45) is 8.74. The predicted octanol–water partition coefficient (Wildman–Crippen LogP) is 2.06. The van der Waals surface area contributed by atoms with Gasteiger partial charge in [-0.3, -0.25) is 24.3 Å². The zero-order chi connectivity index (χ0) is 23.2. The van der Waals surface area contributed by atoms with Crippen molar-refractivity contribution in [2.45, 2.75) is 70.3 Å². The third kappa shape index (κ3) is 5.76. The van der Waals surface area contributed by atoms with Crippen LogP contribution in [0.25, 0.3) is 0 Å². The molecule has 0 saturated carbocycles. The lowest BCUT2D eigenvalue weighted by atomic mass is 9.82. The number of aromatic nitrogens is 1. The molecule has 3 heterocycles. The number of unbranched alkanes of at least 4 members (excludes halogenated alkanes) is 2. The van der Waals surface area contributed by atoms with Gasteiger partial charge in [0.25, 0.3) is 11.8 Å². The smallest absolute Gasteiger partial charge is 0.334 e. The van der Waals surface area contributed by atoms with Crippen molar-refractivity contribution in [2.75, 3.05) is 19.6 Å². The number of carbonyl (C=O) groups excluding carboxylic acids is 4. The average molecular weight is 457 g/mol. The number of hydroxylamine groups is 2. The van der Waals surface area contributed by atoms with Gasteiger partial charge in [-0.2, -0.15) is 0 Å². The minimum absolute atomic E-state index is 0.0619. The van der Waals surface area contributed by atoms with Crippen molar-refractivity contribution < 1.29 is 24.0 Å².